The van der Waals surface area contributed by atoms with Gasteiger partial charge in [0.15, 0.2) is 5.65 Å². The van der Waals surface area contributed by atoms with Gasteiger partial charge in [-0.25, -0.2) is 14.6 Å². The maximum Gasteiger partial charge on any atom is 0.253 e. The summed E-state index contributed by atoms with van der Waals surface area (Å²) in [5.41, 5.74) is 3.45. The Morgan fingerprint density at radius 2 is 1.83 bits per heavy atom. The lowest BCUT2D eigenvalue weighted by atomic mass is 10.2. The van der Waals surface area contributed by atoms with Gasteiger partial charge < -0.3 is 9.80 Å². The lowest BCUT2D eigenvalue weighted by Gasteiger charge is -2.24. The Morgan fingerprint density at radius 1 is 1.00 bits per heavy atom. The van der Waals surface area contributed by atoms with Crippen LogP contribution in [0.5, 0.6) is 0 Å². The molecular formula is C27H29BrN6O. The minimum absolute atomic E-state index is 0.0701. The standard InChI is InChI=1S/C27H29BrN6O/c1-3-9-23-29-25(24-19(2)31-34(26(24)30-23)22-12-5-4-6-13-22)32-14-8-15-33(17-16-32)27(35)20-10-7-11-21(28)18-20/h4-7,10-13,18H,3,8-9,14-17H2,1-2H3. The fraction of sp³-hybridized carbons (Fsp3) is 0.333. The van der Waals surface area contributed by atoms with Gasteiger partial charge in [-0.3, -0.25) is 4.79 Å². The van der Waals surface area contributed by atoms with Crippen LogP contribution in [-0.4, -0.2) is 56.7 Å². The molecule has 8 heteroatoms. The first-order valence-corrected chi connectivity index (χ1v) is 13.0. The van der Waals surface area contributed by atoms with Gasteiger partial charge in [0.1, 0.15) is 11.6 Å². The molecular weight excluding hydrogens is 504 g/mol. The molecule has 4 aromatic rings. The molecule has 35 heavy (non-hydrogen) atoms. The molecule has 5 rings (SSSR count). The third-order valence-corrected chi connectivity index (χ3v) is 6.85. The van der Waals surface area contributed by atoms with Gasteiger partial charge in [0.05, 0.1) is 16.8 Å². The zero-order valence-corrected chi connectivity index (χ0v) is 21.7. The maximum absolute atomic E-state index is 13.2. The van der Waals surface area contributed by atoms with Crippen LogP contribution in [0.15, 0.2) is 59.1 Å². The van der Waals surface area contributed by atoms with Gasteiger partial charge in [-0.05, 0) is 50.1 Å². The normalized spacial score (nSPS) is 14.4. The van der Waals surface area contributed by atoms with E-state index in [0.717, 1.165) is 70.9 Å². The van der Waals surface area contributed by atoms with Gasteiger partial charge in [-0.15, -0.1) is 0 Å². The van der Waals surface area contributed by atoms with Gasteiger partial charge in [-0.1, -0.05) is 47.1 Å². The highest BCUT2D eigenvalue weighted by atomic mass is 79.9. The number of aromatic nitrogens is 4. The summed E-state index contributed by atoms with van der Waals surface area (Å²) in [6, 6.07) is 17.7. The summed E-state index contributed by atoms with van der Waals surface area (Å²) >= 11 is 3.48. The molecule has 0 unspecified atom stereocenters. The van der Waals surface area contributed by atoms with Crippen LogP contribution < -0.4 is 4.90 Å². The molecule has 180 valence electrons. The second-order valence-electron chi connectivity index (χ2n) is 8.89. The average Bonchev–Trinajstić information content (AvgIpc) is 3.04. The maximum atomic E-state index is 13.2. The summed E-state index contributed by atoms with van der Waals surface area (Å²) in [4.78, 5) is 27.4. The summed E-state index contributed by atoms with van der Waals surface area (Å²) in [6.07, 6.45) is 2.65. The van der Waals surface area contributed by atoms with E-state index in [-0.39, 0.29) is 5.91 Å². The highest BCUT2D eigenvalue weighted by molar-refractivity contribution is 9.10. The lowest BCUT2D eigenvalue weighted by molar-refractivity contribution is 0.0767. The van der Waals surface area contributed by atoms with E-state index in [1.165, 1.54) is 0 Å². The number of halogens is 1. The van der Waals surface area contributed by atoms with E-state index in [9.17, 15) is 4.79 Å². The van der Waals surface area contributed by atoms with Crippen LogP contribution in [0.4, 0.5) is 5.82 Å². The van der Waals surface area contributed by atoms with Crippen LogP contribution in [-0.2, 0) is 6.42 Å². The number of anilines is 1. The fourth-order valence-electron chi connectivity index (χ4n) is 4.66. The average molecular weight is 533 g/mol. The van der Waals surface area contributed by atoms with Gasteiger partial charge in [-0.2, -0.15) is 5.10 Å². The summed E-state index contributed by atoms with van der Waals surface area (Å²) < 4.78 is 2.84. The van der Waals surface area contributed by atoms with Crippen LogP contribution in [0.3, 0.4) is 0 Å². The Hall–Kier alpha value is -3.26. The molecule has 0 atom stereocenters. The smallest absolute Gasteiger partial charge is 0.253 e. The van der Waals surface area contributed by atoms with Gasteiger partial charge in [0.25, 0.3) is 5.91 Å². The fourth-order valence-corrected chi connectivity index (χ4v) is 5.05. The first kappa shape index (κ1) is 23.5. The van der Waals surface area contributed by atoms with Crippen LogP contribution in [0.25, 0.3) is 16.7 Å². The van der Waals surface area contributed by atoms with Crippen molar-refractivity contribution in [2.75, 3.05) is 31.1 Å². The van der Waals surface area contributed by atoms with E-state index in [2.05, 4.69) is 27.8 Å². The predicted octanol–water partition coefficient (Wildman–Crippen LogP) is 5.19. The van der Waals surface area contributed by atoms with Crippen molar-refractivity contribution in [3.63, 3.8) is 0 Å². The van der Waals surface area contributed by atoms with E-state index in [0.29, 0.717) is 18.7 Å². The van der Waals surface area contributed by atoms with E-state index in [1.54, 1.807) is 0 Å². The number of hydrogen-bond donors (Lipinski definition) is 0. The molecule has 2 aromatic carbocycles. The first-order valence-electron chi connectivity index (χ1n) is 12.2. The molecule has 1 aliphatic heterocycles. The predicted molar refractivity (Wildman–Crippen MR) is 142 cm³/mol. The number of fused-ring (bicyclic) bond motifs is 1. The Kier molecular flexibility index (Phi) is 6.81. The van der Waals surface area contributed by atoms with Gasteiger partial charge >= 0.3 is 0 Å². The molecule has 0 radical (unpaired) electrons. The lowest BCUT2D eigenvalue weighted by Crippen LogP contribution is -2.35. The summed E-state index contributed by atoms with van der Waals surface area (Å²) in [5.74, 6) is 1.83. The molecule has 0 bridgehead atoms. The third kappa shape index (κ3) is 4.80. The summed E-state index contributed by atoms with van der Waals surface area (Å²) in [5, 5.41) is 5.84. The molecule has 7 nitrogen and oxygen atoms in total. The zero-order valence-electron chi connectivity index (χ0n) is 20.1. The van der Waals surface area contributed by atoms with Crippen molar-refractivity contribution >= 4 is 38.7 Å². The highest BCUT2D eigenvalue weighted by Crippen LogP contribution is 2.30. The zero-order chi connectivity index (χ0) is 24.4. The molecule has 1 fully saturated rings. The van der Waals surface area contributed by atoms with Crippen LogP contribution in [0.2, 0.25) is 0 Å². The van der Waals surface area contributed by atoms with Crippen molar-refractivity contribution < 1.29 is 4.79 Å². The summed E-state index contributed by atoms with van der Waals surface area (Å²) in [7, 11) is 0. The Bertz CT molecular complexity index is 1350. The molecule has 3 heterocycles. The minimum atomic E-state index is 0.0701. The number of hydrogen-bond acceptors (Lipinski definition) is 5. The third-order valence-electron chi connectivity index (χ3n) is 6.36. The number of benzene rings is 2. The van der Waals surface area contributed by atoms with Crippen molar-refractivity contribution in [3.05, 3.63) is 76.2 Å². The number of aryl methyl sites for hydroxylation is 2. The number of carbonyl (C=O) groups excluding carboxylic acids is 1. The molecule has 0 saturated carbocycles. The van der Waals surface area contributed by atoms with Crippen LogP contribution in [0, 0.1) is 6.92 Å². The number of amides is 1. The number of nitrogens with zero attached hydrogens (tertiary/aromatic N) is 6. The second-order valence-corrected chi connectivity index (χ2v) is 9.80. The van der Waals surface area contributed by atoms with E-state index in [1.807, 2.05) is 71.1 Å². The quantitative estimate of drug-likeness (QED) is 0.353. The van der Waals surface area contributed by atoms with Crippen LogP contribution in [0.1, 0.15) is 41.6 Å². The van der Waals surface area contributed by atoms with Crippen molar-refractivity contribution in [1.82, 2.24) is 24.6 Å². The molecule has 0 aliphatic carbocycles. The molecule has 1 aliphatic rings. The molecule has 0 spiro atoms. The van der Waals surface area contributed by atoms with E-state index < -0.39 is 0 Å². The van der Waals surface area contributed by atoms with E-state index in [4.69, 9.17) is 15.1 Å². The van der Waals surface area contributed by atoms with Crippen molar-refractivity contribution in [2.24, 2.45) is 0 Å². The molecule has 2 aromatic heterocycles. The largest absolute Gasteiger partial charge is 0.354 e. The van der Waals surface area contributed by atoms with Gasteiger partial charge in [0, 0.05) is 42.6 Å². The molecule has 1 saturated heterocycles. The van der Waals surface area contributed by atoms with Crippen molar-refractivity contribution in [1.29, 1.82) is 0 Å². The van der Waals surface area contributed by atoms with Crippen molar-refractivity contribution in [2.45, 2.75) is 33.1 Å². The first-order chi connectivity index (χ1) is 17.0. The van der Waals surface area contributed by atoms with Crippen molar-refractivity contribution in [3.8, 4) is 5.69 Å². The SMILES string of the molecule is CCCc1nc(N2CCCN(C(=O)c3cccc(Br)c3)CC2)c2c(C)nn(-c3ccccc3)c2n1. The van der Waals surface area contributed by atoms with E-state index >= 15 is 0 Å². The number of rotatable bonds is 5. The Labute approximate surface area is 213 Å². The highest BCUT2D eigenvalue weighted by Gasteiger charge is 2.25. The molecule has 0 N–H and O–H groups in total. The minimum Gasteiger partial charge on any atom is -0.354 e. The number of para-hydroxylation sites is 1. The Balaban J connectivity index is 1.49. The summed E-state index contributed by atoms with van der Waals surface area (Å²) in [6.45, 7) is 7.08. The topological polar surface area (TPSA) is 67.2 Å². The van der Waals surface area contributed by atoms with Crippen LogP contribution >= 0.6 is 15.9 Å². The monoisotopic (exact) mass is 532 g/mol. The Morgan fingerprint density at radius 3 is 2.60 bits per heavy atom. The second kappa shape index (κ2) is 10.2. The van der Waals surface area contributed by atoms with Gasteiger partial charge in [0.2, 0.25) is 0 Å². The molecule has 1 amide bonds. The number of carbonyl (C=O) groups is 1.